The Labute approximate surface area is 36.8 Å². The van der Waals surface area contributed by atoms with Crippen LogP contribution in [0.4, 0.5) is 0 Å². The lowest BCUT2D eigenvalue weighted by Gasteiger charge is -1.67. The summed E-state index contributed by atoms with van der Waals surface area (Å²) in [7, 11) is 0. The summed E-state index contributed by atoms with van der Waals surface area (Å²) in [6, 6.07) is 0. The zero-order chi connectivity index (χ0) is 4.24. The van der Waals surface area contributed by atoms with Crippen molar-refractivity contribution in [3.63, 3.8) is 0 Å². The molecule has 0 radical (unpaired) electrons. The molecule has 0 saturated heterocycles. The van der Waals surface area contributed by atoms with Crippen LogP contribution in [0.3, 0.4) is 0 Å². The Kier molecular flexibility index (Phi) is 0.793. The summed E-state index contributed by atoms with van der Waals surface area (Å²) in [4.78, 5) is 0. The molecule has 0 aromatic heterocycles. The summed E-state index contributed by atoms with van der Waals surface area (Å²) in [5, 5.41) is 0. The third kappa shape index (κ3) is 0.498. The van der Waals surface area contributed by atoms with Crippen LogP contribution in [0, 0.1) is 0 Å². The Balaban J connectivity index is 3.10. The fraction of sp³-hybridized carbons (Fsp3) is 0. The van der Waals surface area contributed by atoms with Gasteiger partial charge in [-0.1, -0.05) is 23.6 Å². The van der Waals surface area contributed by atoms with Crippen LogP contribution < -0.4 is 0 Å². The van der Waals surface area contributed by atoms with E-state index in [-0.39, 0.29) is 0 Å². The van der Waals surface area contributed by atoms with Crippen LogP contribution in [0.1, 0.15) is 0 Å². The molecule has 0 aromatic carbocycles. The van der Waals surface area contributed by atoms with E-state index < -0.39 is 0 Å². The summed E-state index contributed by atoms with van der Waals surface area (Å²) in [5.74, 6) is 0. The standard InChI is InChI=1S/C6H4/c1-2-4-6-5-3-1/h1-4H/i3+1. The average Bonchev–Trinajstić information content (AvgIpc) is 1.72. The second-order valence-electron chi connectivity index (χ2n) is 1.01. The predicted molar refractivity (Wildman–Crippen MR) is 25.3 cm³/mol. The first kappa shape index (κ1) is 3.24. The summed E-state index contributed by atoms with van der Waals surface area (Å²) in [5.41, 5.74) is 5.53. The Bertz CT molecular complexity index is 131. The Morgan fingerprint density at radius 2 is 1.33 bits per heavy atom. The van der Waals surface area contributed by atoms with Gasteiger partial charge in [0.05, 0.1) is 0 Å². The maximum atomic E-state index is 2.77. The Morgan fingerprint density at radius 1 is 0.833 bits per heavy atom. The van der Waals surface area contributed by atoms with Gasteiger partial charge in [-0.05, 0) is 12.2 Å². The maximum Gasteiger partial charge on any atom is -0.0115 e. The highest BCUT2D eigenvalue weighted by molar-refractivity contribution is 5.14. The molecule has 1 rings (SSSR count). The van der Waals surface area contributed by atoms with Gasteiger partial charge in [0.1, 0.15) is 0 Å². The summed E-state index contributed by atoms with van der Waals surface area (Å²) in [6.45, 7) is 0. The monoisotopic (exact) mass is 77.0 g/mol. The van der Waals surface area contributed by atoms with Gasteiger partial charge in [0.25, 0.3) is 0 Å². The molecule has 0 spiro atoms. The minimum absolute atomic E-state index is 1.82. The lowest BCUT2D eigenvalue weighted by molar-refractivity contribution is 1.89. The maximum absolute atomic E-state index is 2.77. The minimum Gasteiger partial charge on any atom is -0.0702 e. The van der Waals surface area contributed by atoms with Crippen molar-refractivity contribution in [2.24, 2.45) is 0 Å². The predicted octanol–water partition coefficient (Wildman–Crippen LogP) is 1.42. The van der Waals surface area contributed by atoms with Gasteiger partial charge in [-0.15, -0.1) is 0 Å². The second-order valence-corrected chi connectivity index (χ2v) is 1.01. The van der Waals surface area contributed by atoms with Crippen molar-refractivity contribution in [1.82, 2.24) is 0 Å². The topological polar surface area (TPSA) is 0 Å². The van der Waals surface area contributed by atoms with Gasteiger partial charge in [-0.25, -0.2) is 0 Å². The van der Waals surface area contributed by atoms with Gasteiger partial charge in [0.2, 0.25) is 0 Å². The van der Waals surface area contributed by atoms with Crippen LogP contribution in [0.25, 0.3) is 0 Å². The molecule has 0 aromatic rings. The van der Waals surface area contributed by atoms with Crippen LogP contribution in [0.2, 0.25) is 0 Å². The van der Waals surface area contributed by atoms with Gasteiger partial charge in [-0.3, -0.25) is 0 Å². The quantitative estimate of drug-likeness (QED) is 0.303. The molecule has 1 aliphatic rings. The Hall–Kier alpha value is -0.960. The molecule has 28 valence electrons. The van der Waals surface area contributed by atoms with Crippen molar-refractivity contribution < 1.29 is 0 Å². The van der Waals surface area contributed by atoms with E-state index in [9.17, 15) is 0 Å². The summed E-state index contributed by atoms with van der Waals surface area (Å²) in [6.07, 6.45) is 7.47. The molecule has 0 nitrogen and oxygen atoms in total. The van der Waals surface area contributed by atoms with Crippen LogP contribution in [0.15, 0.2) is 35.8 Å². The van der Waals surface area contributed by atoms with E-state index in [1.807, 2.05) is 24.3 Å². The van der Waals surface area contributed by atoms with Crippen molar-refractivity contribution in [2.75, 3.05) is 0 Å². The van der Waals surface area contributed by atoms with Crippen LogP contribution in [-0.4, -0.2) is 0 Å². The SMILES string of the molecule is C1=C=[13CH]C=CC=1. The first-order valence-electron chi connectivity index (χ1n) is 1.83. The van der Waals surface area contributed by atoms with E-state index in [1.54, 1.807) is 0 Å². The van der Waals surface area contributed by atoms with E-state index in [2.05, 4.69) is 11.5 Å². The zero-order valence-electron chi connectivity index (χ0n) is 3.31. The van der Waals surface area contributed by atoms with Gasteiger partial charge in [-0.2, -0.15) is 0 Å². The van der Waals surface area contributed by atoms with Crippen molar-refractivity contribution >= 4 is 0 Å². The average molecular weight is 77.1 g/mol. The molecule has 0 unspecified atom stereocenters. The zero-order valence-corrected chi connectivity index (χ0v) is 3.31. The third-order valence-electron chi connectivity index (χ3n) is 0.554. The van der Waals surface area contributed by atoms with Gasteiger partial charge < -0.3 is 0 Å². The molecule has 0 saturated carbocycles. The van der Waals surface area contributed by atoms with Crippen LogP contribution >= 0.6 is 0 Å². The second kappa shape index (κ2) is 1.47. The Morgan fingerprint density at radius 3 is 1.50 bits per heavy atom. The van der Waals surface area contributed by atoms with Crippen molar-refractivity contribution in [1.29, 1.82) is 0 Å². The number of allylic oxidation sites excluding steroid dienone is 4. The molecular weight excluding hydrogens is 73.1 g/mol. The molecule has 6 heavy (non-hydrogen) atoms. The summed E-state index contributed by atoms with van der Waals surface area (Å²) < 4.78 is 0. The largest absolute Gasteiger partial charge is 0.0702 e. The number of hydrogen-bond acceptors (Lipinski definition) is 0. The molecule has 0 N–H and O–H groups in total. The fourth-order valence-electron chi connectivity index (χ4n) is 0.304. The normalized spacial score (nSPS) is 13.3. The van der Waals surface area contributed by atoms with E-state index in [4.69, 9.17) is 0 Å². The molecular formula is C6H4. The fourth-order valence-corrected chi connectivity index (χ4v) is 0.304. The highest BCUT2D eigenvalue weighted by atomic mass is 14.0. The summed E-state index contributed by atoms with van der Waals surface area (Å²) >= 11 is 0. The van der Waals surface area contributed by atoms with Crippen LogP contribution in [0.5, 0.6) is 0 Å². The molecule has 0 aliphatic heterocycles. The smallest absolute Gasteiger partial charge is 0.0115 e. The van der Waals surface area contributed by atoms with Gasteiger partial charge >= 0.3 is 0 Å². The van der Waals surface area contributed by atoms with Crippen molar-refractivity contribution in [3.8, 4) is 0 Å². The molecule has 0 heterocycles. The first-order valence-corrected chi connectivity index (χ1v) is 1.83. The molecule has 0 fully saturated rings. The minimum atomic E-state index is 1.82. The molecule has 0 amide bonds. The van der Waals surface area contributed by atoms with Crippen molar-refractivity contribution in [3.05, 3.63) is 35.8 Å². The van der Waals surface area contributed by atoms with E-state index in [1.165, 1.54) is 0 Å². The number of hydrogen-bond donors (Lipinski definition) is 0. The highest BCUT2D eigenvalue weighted by Crippen LogP contribution is 1.79. The van der Waals surface area contributed by atoms with Crippen LogP contribution in [-0.2, 0) is 0 Å². The third-order valence-corrected chi connectivity index (χ3v) is 0.554. The molecule has 1 aliphatic carbocycles. The molecule has 0 heteroatoms. The van der Waals surface area contributed by atoms with E-state index in [0.29, 0.717) is 0 Å². The van der Waals surface area contributed by atoms with Gasteiger partial charge in [0, 0.05) is 0 Å². The highest BCUT2D eigenvalue weighted by Gasteiger charge is 1.59. The number of rotatable bonds is 0. The van der Waals surface area contributed by atoms with Gasteiger partial charge in [0.15, 0.2) is 0 Å². The molecule has 0 bridgehead atoms. The molecule has 0 atom stereocenters. The van der Waals surface area contributed by atoms with Crippen molar-refractivity contribution in [2.45, 2.75) is 0 Å². The first-order chi connectivity index (χ1) is 3.00. The van der Waals surface area contributed by atoms with E-state index >= 15 is 0 Å². The lowest BCUT2D eigenvalue weighted by atomic mass is 10.5. The van der Waals surface area contributed by atoms with E-state index in [0.717, 1.165) is 0 Å². The lowest BCUT2D eigenvalue weighted by Crippen LogP contribution is -1.47.